The van der Waals surface area contributed by atoms with Crippen LogP contribution in [0.1, 0.15) is 12.5 Å². The smallest absolute Gasteiger partial charge is 0.0649 e. The fraction of sp³-hybridized carbons (Fsp3) is 0.167. The quantitative estimate of drug-likeness (QED) is 0.771. The molecule has 0 aliphatic heterocycles. The monoisotopic (exact) mass is 277 g/mol. The number of nitrogens with one attached hydrogen (secondary N) is 1. The first-order valence-corrected chi connectivity index (χ1v) is 7.27. The van der Waals surface area contributed by atoms with E-state index in [0.29, 0.717) is 0 Å². The second kappa shape index (κ2) is 6.37. The van der Waals surface area contributed by atoms with E-state index in [-0.39, 0.29) is 0 Å². The van der Waals surface area contributed by atoms with Crippen molar-refractivity contribution in [1.82, 2.24) is 15.1 Å². The minimum Gasteiger partial charge on any atom is -0.313 e. The molecule has 3 rings (SSSR count). The molecule has 21 heavy (non-hydrogen) atoms. The lowest BCUT2D eigenvalue weighted by atomic mass is 10.1. The number of benzene rings is 2. The number of hydrogen-bond acceptors (Lipinski definition) is 2. The van der Waals surface area contributed by atoms with Gasteiger partial charge in [-0.3, -0.25) is 0 Å². The van der Waals surface area contributed by atoms with E-state index in [1.165, 1.54) is 11.1 Å². The van der Waals surface area contributed by atoms with Crippen molar-refractivity contribution in [3.05, 3.63) is 72.6 Å². The number of aromatic nitrogens is 2. The van der Waals surface area contributed by atoms with Crippen molar-refractivity contribution >= 4 is 0 Å². The minimum absolute atomic E-state index is 0.886. The average molecular weight is 277 g/mol. The zero-order valence-electron chi connectivity index (χ0n) is 12.2. The minimum atomic E-state index is 0.886. The van der Waals surface area contributed by atoms with E-state index in [4.69, 9.17) is 0 Å². The second-order valence-corrected chi connectivity index (χ2v) is 4.99. The van der Waals surface area contributed by atoms with E-state index in [1.54, 1.807) is 0 Å². The van der Waals surface area contributed by atoms with Crippen LogP contribution in [-0.4, -0.2) is 16.3 Å². The highest BCUT2D eigenvalue weighted by molar-refractivity contribution is 5.62. The molecule has 0 radical (unpaired) electrons. The van der Waals surface area contributed by atoms with Crippen molar-refractivity contribution in [2.24, 2.45) is 0 Å². The lowest BCUT2D eigenvalue weighted by Gasteiger charge is -2.05. The van der Waals surface area contributed by atoms with Gasteiger partial charge < -0.3 is 5.32 Å². The summed E-state index contributed by atoms with van der Waals surface area (Å²) in [5.74, 6) is 0. The molecule has 0 atom stereocenters. The summed E-state index contributed by atoms with van der Waals surface area (Å²) in [6.45, 7) is 3.98. The Morgan fingerprint density at radius 3 is 2.67 bits per heavy atom. The summed E-state index contributed by atoms with van der Waals surface area (Å²) in [5, 5.41) is 7.83. The Labute approximate surface area is 125 Å². The molecule has 0 unspecified atom stereocenters. The molecular weight excluding hydrogens is 258 g/mol. The van der Waals surface area contributed by atoms with Gasteiger partial charge in [0.25, 0.3) is 0 Å². The zero-order chi connectivity index (χ0) is 14.5. The first kappa shape index (κ1) is 13.6. The molecule has 0 aliphatic rings. The van der Waals surface area contributed by atoms with Crippen LogP contribution in [0, 0.1) is 0 Å². The molecule has 0 aliphatic carbocycles. The molecule has 0 bridgehead atoms. The van der Waals surface area contributed by atoms with Gasteiger partial charge in [0, 0.05) is 18.3 Å². The summed E-state index contributed by atoms with van der Waals surface area (Å²) in [6.07, 6.45) is 3.98. The van der Waals surface area contributed by atoms with Crippen LogP contribution in [0.4, 0.5) is 0 Å². The largest absolute Gasteiger partial charge is 0.313 e. The standard InChI is InChI=1S/C18H19N3/c1-2-19-12-15-7-6-10-18(11-15)21-14-17(13-20-21)16-8-4-3-5-9-16/h3-11,13-14,19H,2,12H2,1H3. The van der Waals surface area contributed by atoms with Crippen molar-refractivity contribution in [1.29, 1.82) is 0 Å². The van der Waals surface area contributed by atoms with Crippen LogP contribution < -0.4 is 5.32 Å². The highest BCUT2D eigenvalue weighted by Crippen LogP contribution is 2.20. The Hall–Kier alpha value is -2.39. The van der Waals surface area contributed by atoms with Crippen molar-refractivity contribution in [3.8, 4) is 16.8 Å². The van der Waals surface area contributed by atoms with Gasteiger partial charge in [-0.1, -0.05) is 49.4 Å². The van der Waals surface area contributed by atoms with Crippen molar-refractivity contribution in [3.63, 3.8) is 0 Å². The summed E-state index contributed by atoms with van der Waals surface area (Å²) < 4.78 is 1.93. The number of nitrogens with zero attached hydrogens (tertiary/aromatic N) is 2. The molecule has 3 heteroatoms. The Balaban J connectivity index is 1.86. The Morgan fingerprint density at radius 1 is 1.00 bits per heavy atom. The molecule has 0 fully saturated rings. The third-order valence-corrected chi connectivity index (χ3v) is 3.44. The molecule has 106 valence electrons. The SMILES string of the molecule is CCNCc1cccc(-n2cc(-c3ccccc3)cn2)c1. The molecule has 0 spiro atoms. The highest BCUT2D eigenvalue weighted by Gasteiger charge is 2.03. The first-order chi connectivity index (χ1) is 10.4. The van der Waals surface area contributed by atoms with Gasteiger partial charge >= 0.3 is 0 Å². The maximum Gasteiger partial charge on any atom is 0.0649 e. The van der Waals surface area contributed by atoms with E-state index in [0.717, 1.165) is 24.3 Å². The predicted molar refractivity (Wildman–Crippen MR) is 86.4 cm³/mol. The van der Waals surface area contributed by atoms with Gasteiger partial charge in [-0.05, 0) is 29.8 Å². The van der Waals surface area contributed by atoms with E-state index in [2.05, 4.69) is 59.9 Å². The molecular formula is C18H19N3. The van der Waals surface area contributed by atoms with Crippen LogP contribution in [-0.2, 0) is 6.54 Å². The summed E-state index contributed by atoms with van der Waals surface area (Å²) in [5.41, 5.74) is 4.68. The van der Waals surface area contributed by atoms with Gasteiger partial charge in [-0.2, -0.15) is 5.10 Å². The maximum atomic E-state index is 4.48. The Morgan fingerprint density at radius 2 is 1.86 bits per heavy atom. The topological polar surface area (TPSA) is 29.9 Å². The van der Waals surface area contributed by atoms with Crippen LogP contribution in [0.15, 0.2) is 67.0 Å². The van der Waals surface area contributed by atoms with Gasteiger partial charge in [-0.15, -0.1) is 0 Å². The van der Waals surface area contributed by atoms with Gasteiger partial charge in [0.1, 0.15) is 0 Å². The molecule has 0 amide bonds. The third-order valence-electron chi connectivity index (χ3n) is 3.44. The summed E-state index contributed by atoms with van der Waals surface area (Å²) >= 11 is 0. The Bertz CT molecular complexity index is 701. The predicted octanol–water partition coefficient (Wildman–Crippen LogP) is 3.65. The normalized spacial score (nSPS) is 10.7. The van der Waals surface area contributed by atoms with E-state index in [9.17, 15) is 0 Å². The van der Waals surface area contributed by atoms with Crippen molar-refractivity contribution in [2.75, 3.05) is 6.54 Å². The summed E-state index contributed by atoms with van der Waals surface area (Å²) in [4.78, 5) is 0. The third kappa shape index (κ3) is 3.20. The fourth-order valence-corrected chi connectivity index (χ4v) is 2.32. The maximum absolute atomic E-state index is 4.48. The first-order valence-electron chi connectivity index (χ1n) is 7.27. The molecule has 3 nitrogen and oxygen atoms in total. The second-order valence-electron chi connectivity index (χ2n) is 4.99. The van der Waals surface area contributed by atoms with Crippen LogP contribution in [0.3, 0.4) is 0 Å². The van der Waals surface area contributed by atoms with Crippen LogP contribution >= 0.6 is 0 Å². The Kier molecular flexibility index (Phi) is 4.12. The van der Waals surface area contributed by atoms with Gasteiger partial charge in [0.15, 0.2) is 0 Å². The summed E-state index contributed by atoms with van der Waals surface area (Å²) in [6, 6.07) is 18.8. The van der Waals surface area contributed by atoms with E-state index >= 15 is 0 Å². The molecule has 1 N–H and O–H groups in total. The molecule has 2 aromatic carbocycles. The average Bonchev–Trinajstić information content (AvgIpc) is 3.04. The number of rotatable bonds is 5. The fourth-order valence-electron chi connectivity index (χ4n) is 2.32. The van der Waals surface area contributed by atoms with E-state index in [1.807, 2.05) is 29.1 Å². The van der Waals surface area contributed by atoms with Gasteiger partial charge in [0.05, 0.1) is 11.9 Å². The van der Waals surface area contributed by atoms with Gasteiger partial charge in [0.2, 0.25) is 0 Å². The number of hydrogen-bond donors (Lipinski definition) is 1. The molecule has 1 aromatic heterocycles. The van der Waals surface area contributed by atoms with Crippen molar-refractivity contribution in [2.45, 2.75) is 13.5 Å². The molecule has 3 aromatic rings. The highest BCUT2D eigenvalue weighted by atomic mass is 15.3. The molecule has 1 heterocycles. The molecule has 0 saturated carbocycles. The lowest BCUT2D eigenvalue weighted by molar-refractivity contribution is 0.725. The summed E-state index contributed by atoms with van der Waals surface area (Å²) in [7, 11) is 0. The van der Waals surface area contributed by atoms with Crippen LogP contribution in [0.2, 0.25) is 0 Å². The van der Waals surface area contributed by atoms with Crippen molar-refractivity contribution < 1.29 is 0 Å². The van der Waals surface area contributed by atoms with Crippen LogP contribution in [0.25, 0.3) is 16.8 Å². The van der Waals surface area contributed by atoms with Gasteiger partial charge in [-0.25, -0.2) is 4.68 Å². The zero-order valence-corrected chi connectivity index (χ0v) is 12.2. The van der Waals surface area contributed by atoms with Crippen LogP contribution in [0.5, 0.6) is 0 Å². The van der Waals surface area contributed by atoms with E-state index < -0.39 is 0 Å². The molecule has 0 saturated heterocycles. The lowest BCUT2D eigenvalue weighted by Crippen LogP contribution is -2.11.